The van der Waals surface area contributed by atoms with Crippen molar-refractivity contribution in [2.24, 2.45) is 0 Å². The Balaban J connectivity index is 1.67. The van der Waals surface area contributed by atoms with E-state index < -0.39 is 21.4 Å². The first-order valence-electron chi connectivity index (χ1n) is 12.7. The van der Waals surface area contributed by atoms with Crippen LogP contribution in [0.3, 0.4) is 0 Å². The minimum absolute atomic E-state index is 0.0683. The van der Waals surface area contributed by atoms with Gasteiger partial charge in [0.1, 0.15) is 17.0 Å². The van der Waals surface area contributed by atoms with Crippen LogP contribution >= 0.6 is 0 Å². The molecule has 1 fully saturated rings. The summed E-state index contributed by atoms with van der Waals surface area (Å²) in [5, 5.41) is 7.45. The number of aromatic nitrogens is 6. The molecule has 1 N–H and O–H groups in total. The van der Waals surface area contributed by atoms with Gasteiger partial charge in [0, 0.05) is 25.1 Å². The number of nitrogens with one attached hydrogen (secondary N) is 1. The largest absolute Gasteiger partial charge is 0.481 e. The normalized spacial score (nSPS) is 17.8. The summed E-state index contributed by atoms with van der Waals surface area (Å²) in [7, 11) is -2.50. The van der Waals surface area contributed by atoms with E-state index in [9.17, 15) is 8.42 Å². The Labute approximate surface area is 223 Å². The Hall–Kier alpha value is -3.16. The van der Waals surface area contributed by atoms with Crippen molar-refractivity contribution in [1.82, 2.24) is 29.7 Å². The average Bonchev–Trinajstić information content (AvgIpc) is 3.29. The van der Waals surface area contributed by atoms with E-state index in [0.29, 0.717) is 36.4 Å². The van der Waals surface area contributed by atoms with E-state index in [1.54, 1.807) is 42.1 Å². The molecule has 0 radical (unpaired) electrons. The summed E-state index contributed by atoms with van der Waals surface area (Å²) in [5.41, 5.74) is 1.36. The van der Waals surface area contributed by atoms with E-state index >= 15 is 0 Å². The zero-order valence-corrected chi connectivity index (χ0v) is 23.2. The number of methoxy groups -OCH3 is 1. The van der Waals surface area contributed by atoms with Crippen molar-refractivity contribution in [3.8, 4) is 17.4 Å². The summed E-state index contributed by atoms with van der Waals surface area (Å²) >= 11 is 0. The van der Waals surface area contributed by atoms with Crippen LogP contribution in [0.5, 0.6) is 5.88 Å². The molecule has 3 aromatic rings. The van der Waals surface area contributed by atoms with Gasteiger partial charge in [0.25, 0.3) is 0 Å². The molecule has 1 aliphatic rings. The van der Waals surface area contributed by atoms with Crippen LogP contribution < -0.4 is 9.46 Å². The lowest BCUT2D eigenvalue weighted by molar-refractivity contribution is 0.00148. The SMILES string of the molecule is COc1cccc(-c2nnc(NS(=O)(=O)[C@@H](C)[C@@H](OC(C)C)c3ncc(C)cn3)n2C[C@@H]2CCCCO2)n1. The van der Waals surface area contributed by atoms with Crippen LogP contribution in [0, 0.1) is 6.92 Å². The molecule has 3 aromatic heterocycles. The van der Waals surface area contributed by atoms with Gasteiger partial charge in [-0.25, -0.2) is 23.4 Å². The van der Waals surface area contributed by atoms with Gasteiger partial charge in [-0.2, -0.15) is 0 Å². The molecule has 38 heavy (non-hydrogen) atoms. The number of sulfonamides is 1. The first kappa shape index (κ1) is 27.9. The lowest BCUT2D eigenvalue weighted by Gasteiger charge is -2.26. The predicted molar refractivity (Wildman–Crippen MR) is 141 cm³/mol. The topological polar surface area (TPSA) is 143 Å². The highest BCUT2D eigenvalue weighted by atomic mass is 32.2. The number of rotatable bonds is 11. The fraction of sp³-hybridized carbons (Fsp3) is 0.560. The van der Waals surface area contributed by atoms with Crippen molar-refractivity contribution in [2.45, 2.75) is 77.1 Å². The predicted octanol–water partition coefficient (Wildman–Crippen LogP) is 3.31. The standard InChI is InChI=1S/C25H35N7O5S/c1-16(2)37-22(23-26-13-17(3)14-27-23)18(4)38(33,34)31-25-30-29-24(20-10-8-11-21(28-20)35-5)32(25)15-19-9-6-7-12-36-19/h8,10-11,13-14,16,18-19,22H,6-7,9,12,15H2,1-5H3,(H,30,31)/t18-,19-,22+/m0/s1. The molecule has 13 heteroatoms. The first-order chi connectivity index (χ1) is 18.2. The molecule has 0 amide bonds. The quantitative estimate of drug-likeness (QED) is 0.381. The second-order valence-corrected chi connectivity index (χ2v) is 11.6. The molecule has 206 valence electrons. The van der Waals surface area contributed by atoms with Crippen LogP contribution in [0.1, 0.15) is 57.5 Å². The third-order valence-corrected chi connectivity index (χ3v) is 7.89. The second kappa shape index (κ2) is 12.1. The van der Waals surface area contributed by atoms with E-state index in [1.807, 2.05) is 20.8 Å². The van der Waals surface area contributed by atoms with Crippen molar-refractivity contribution in [1.29, 1.82) is 0 Å². The minimum Gasteiger partial charge on any atom is -0.481 e. The van der Waals surface area contributed by atoms with Gasteiger partial charge in [0.15, 0.2) is 11.6 Å². The van der Waals surface area contributed by atoms with Gasteiger partial charge in [0.05, 0.1) is 25.9 Å². The summed E-state index contributed by atoms with van der Waals surface area (Å²) in [5.74, 6) is 1.17. The van der Waals surface area contributed by atoms with Crippen LogP contribution in [-0.2, 0) is 26.0 Å². The maximum absolute atomic E-state index is 13.7. The van der Waals surface area contributed by atoms with Gasteiger partial charge in [-0.1, -0.05) is 6.07 Å². The highest BCUT2D eigenvalue weighted by molar-refractivity contribution is 7.93. The molecule has 0 bridgehead atoms. The third-order valence-electron chi connectivity index (χ3n) is 6.20. The zero-order valence-electron chi connectivity index (χ0n) is 22.4. The molecule has 4 rings (SSSR count). The Kier molecular flexibility index (Phi) is 8.90. The summed E-state index contributed by atoms with van der Waals surface area (Å²) in [6, 6.07) is 5.29. The minimum atomic E-state index is -4.03. The van der Waals surface area contributed by atoms with Crippen molar-refractivity contribution in [3.63, 3.8) is 0 Å². The lowest BCUT2D eigenvalue weighted by Crippen LogP contribution is -2.35. The monoisotopic (exact) mass is 545 g/mol. The number of nitrogens with zero attached hydrogens (tertiary/aromatic N) is 6. The van der Waals surface area contributed by atoms with Crippen LogP contribution in [0.15, 0.2) is 30.6 Å². The Morgan fingerprint density at radius 2 is 1.92 bits per heavy atom. The smallest absolute Gasteiger partial charge is 0.240 e. The van der Waals surface area contributed by atoms with Crippen molar-refractivity contribution < 1.29 is 22.6 Å². The molecule has 0 aliphatic carbocycles. The van der Waals surface area contributed by atoms with Gasteiger partial charge in [0.2, 0.25) is 21.9 Å². The van der Waals surface area contributed by atoms with Gasteiger partial charge in [-0.15, -0.1) is 10.2 Å². The third kappa shape index (κ3) is 6.63. The maximum Gasteiger partial charge on any atom is 0.240 e. The summed E-state index contributed by atoms with van der Waals surface area (Å²) in [6.45, 7) is 8.11. The van der Waals surface area contributed by atoms with Gasteiger partial charge >= 0.3 is 0 Å². The number of aryl methyl sites for hydroxylation is 1. The Morgan fingerprint density at radius 3 is 2.58 bits per heavy atom. The van der Waals surface area contributed by atoms with E-state index in [2.05, 4.69) is 29.9 Å². The van der Waals surface area contributed by atoms with Crippen molar-refractivity contribution in [2.75, 3.05) is 18.4 Å². The van der Waals surface area contributed by atoms with Crippen LogP contribution in [0.2, 0.25) is 0 Å². The van der Waals surface area contributed by atoms with Crippen LogP contribution in [-0.4, -0.2) is 69.3 Å². The fourth-order valence-electron chi connectivity index (χ4n) is 4.16. The number of hydrogen-bond donors (Lipinski definition) is 1. The van der Waals surface area contributed by atoms with Crippen molar-refractivity contribution >= 4 is 16.0 Å². The average molecular weight is 546 g/mol. The number of pyridine rings is 1. The molecule has 4 heterocycles. The highest BCUT2D eigenvalue weighted by Gasteiger charge is 2.36. The summed E-state index contributed by atoms with van der Waals surface area (Å²) < 4.78 is 48.8. The van der Waals surface area contributed by atoms with Gasteiger partial charge < -0.3 is 14.2 Å². The van der Waals surface area contributed by atoms with E-state index in [-0.39, 0.29) is 18.2 Å². The van der Waals surface area contributed by atoms with E-state index in [1.165, 1.54) is 7.11 Å². The fourth-order valence-corrected chi connectivity index (χ4v) is 5.26. The summed E-state index contributed by atoms with van der Waals surface area (Å²) in [6.07, 6.45) is 4.90. The van der Waals surface area contributed by atoms with Gasteiger partial charge in [-0.3, -0.25) is 9.29 Å². The zero-order chi connectivity index (χ0) is 27.3. The van der Waals surface area contributed by atoms with Crippen LogP contribution in [0.4, 0.5) is 5.95 Å². The maximum atomic E-state index is 13.7. The molecule has 1 aliphatic heterocycles. The van der Waals surface area contributed by atoms with Crippen LogP contribution in [0.25, 0.3) is 11.5 Å². The Bertz CT molecular complexity index is 1310. The number of ether oxygens (including phenoxy) is 3. The lowest BCUT2D eigenvalue weighted by atomic mass is 10.1. The molecule has 0 saturated carbocycles. The summed E-state index contributed by atoms with van der Waals surface area (Å²) in [4.78, 5) is 13.1. The second-order valence-electron chi connectivity index (χ2n) is 9.59. The molecular formula is C25H35N7O5S. The number of anilines is 1. The Morgan fingerprint density at radius 1 is 1.16 bits per heavy atom. The van der Waals surface area contributed by atoms with E-state index in [0.717, 1.165) is 24.8 Å². The molecular weight excluding hydrogens is 510 g/mol. The number of hydrogen-bond acceptors (Lipinski definition) is 10. The molecule has 12 nitrogen and oxygen atoms in total. The molecule has 1 saturated heterocycles. The van der Waals surface area contributed by atoms with Gasteiger partial charge in [-0.05, 0) is 58.6 Å². The van der Waals surface area contributed by atoms with Crippen molar-refractivity contribution in [3.05, 3.63) is 42.0 Å². The molecule has 0 spiro atoms. The molecule has 0 aromatic carbocycles. The highest BCUT2D eigenvalue weighted by Crippen LogP contribution is 2.28. The molecule has 3 atom stereocenters. The first-order valence-corrected chi connectivity index (χ1v) is 14.2. The van der Waals surface area contributed by atoms with E-state index in [4.69, 9.17) is 14.2 Å². The molecule has 0 unspecified atom stereocenters.